The molecule has 2 aromatic rings. The van der Waals surface area contributed by atoms with Crippen molar-refractivity contribution < 1.29 is 9.90 Å². The zero-order valence-electron chi connectivity index (χ0n) is 10.7. The molecule has 0 aliphatic heterocycles. The highest BCUT2D eigenvalue weighted by molar-refractivity contribution is 5.96. The maximum absolute atomic E-state index is 11.2. The number of rotatable bonds is 4. The normalized spacial score (nSPS) is 11.1. The van der Waals surface area contributed by atoms with Gasteiger partial charge in [-0.25, -0.2) is 4.79 Å². The number of hydrogen-bond donors (Lipinski definition) is 2. The maximum atomic E-state index is 11.2. The fourth-order valence-electron chi connectivity index (χ4n) is 2.36. The largest absolute Gasteiger partial charge is 0.478 e. The molecule has 1 aromatic heterocycles. The number of fused-ring (bicyclic) bond motifs is 1. The van der Waals surface area contributed by atoms with Crippen molar-refractivity contribution in [3.8, 4) is 0 Å². The van der Waals surface area contributed by atoms with Crippen molar-refractivity contribution in [1.82, 2.24) is 4.57 Å². The van der Waals surface area contributed by atoms with Gasteiger partial charge in [0.2, 0.25) is 0 Å². The van der Waals surface area contributed by atoms with E-state index in [1.807, 2.05) is 13.0 Å². The summed E-state index contributed by atoms with van der Waals surface area (Å²) in [5, 5.41) is 10.2. The molecule has 0 aliphatic carbocycles. The lowest BCUT2D eigenvalue weighted by Crippen LogP contribution is -2.03. The summed E-state index contributed by atoms with van der Waals surface area (Å²) in [4.78, 5) is 11.2. The first kappa shape index (κ1) is 12.6. The van der Waals surface area contributed by atoms with Gasteiger partial charge in [0.1, 0.15) is 0 Å². The van der Waals surface area contributed by atoms with E-state index in [2.05, 4.69) is 17.7 Å². The third kappa shape index (κ3) is 1.99. The topological polar surface area (TPSA) is 68.2 Å². The van der Waals surface area contributed by atoms with Crippen LogP contribution in [0.3, 0.4) is 0 Å². The van der Waals surface area contributed by atoms with Gasteiger partial charge in [0, 0.05) is 23.6 Å². The Morgan fingerprint density at radius 3 is 2.72 bits per heavy atom. The van der Waals surface area contributed by atoms with Crippen molar-refractivity contribution in [2.75, 3.05) is 6.54 Å². The smallest absolute Gasteiger partial charge is 0.335 e. The lowest BCUT2D eigenvalue weighted by Gasteiger charge is -2.05. The van der Waals surface area contributed by atoms with E-state index in [4.69, 9.17) is 5.73 Å². The molecular weight excluding hydrogens is 228 g/mol. The first-order chi connectivity index (χ1) is 8.58. The molecule has 0 spiro atoms. The molecular formula is C14H18N2O2. The number of nitrogens with zero attached hydrogens (tertiary/aromatic N) is 1. The number of hydrogen-bond acceptors (Lipinski definition) is 2. The van der Waals surface area contributed by atoms with Gasteiger partial charge < -0.3 is 15.4 Å². The predicted octanol–water partition coefficient (Wildman–Crippen LogP) is 2.17. The monoisotopic (exact) mass is 246 g/mol. The van der Waals surface area contributed by atoms with Crippen molar-refractivity contribution in [2.24, 2.45) is 5.73 Å². The maximum Gasteiger partial charge on any atom is 0.335 e. The lowest BCUT2D eigenvalue weighted by atomic mass is 10.0. The molecule has 96 valence electrons. The molecule has 18 heavy (non-hydrogen) atoms. The molecule has 0 aliphatic rings. The molecule has 0 bridgehead atoms. The van der Waals surface area contributed by atoms with Gasteiger partial charge in [-0.1, -0.05) is 0 Å². The number of carboxylic acids is 1. The van der Waals surface area contributed by atoms with Crippen LogP contribution in [-0.2, 0) is 13.0 Å². The molecule has 2 rings (SSSR count). The SMILES string of the molecule is CCn1cc(CCN)c2cc(C(=O)O)c(C)cc21. The summed E-state index contributed by atoms with van der Waals surface area (Å²) in [6.45, 7) is 5.34. The average molecular weight is 246 g/mol. The van der Waals surface area contributed by atoms with E-state index < -0.39 is 5.97 Å². The number of aromatic nitrogens is 1. The van der Waals surface area contributed by atoms with E-state index in [-0.39, 0.29) is 0 Å². The van der Waals surface area contributed by atoms with Crippen LogP contribution in [0.1, 0.15) is 28.4 Å². The van der Waals surface area contributed by atoms with E-state index >= 15 is 0 Å². The lowest BCUT2D eigenvalue weighted by molar-refractivity contribution is 0.0696. The number of aromatic carboxylic acids is 1. The molecule has 1 aromatic carbocycles. The van der Waals surface area contributed by atoms with E-state index in [1.54, 1.807) is 6.07 Å². The highest BCUT2D eigenvalue weighted by Gasteiger charge is 2.13. The number of carboxylic acid groups (broad SMARTS) is 1. The molecule has 1 heterocycles. The minimum absolute atomic E-state index is 0.370. The molecule has 0 unspecified atom stereocenters. The van der Waals surface area contributed by atoms with Crippen LogP contribution in [-0.4, -0.2) is 22.2 Å². The van der Waals surface area contributed by atoms with Crippen molar-refractivity contribution >= 4 is 16.9 Å². The summed E-state index contributed by atoms with van der Waals surface area (Å²) in [7, 11) is 0. The minimum atomic E-state index is -0.877. The van der Waals surface area contributed by atoms with E-state index in [9.17, 15) is 9.90 Å². The Hall–Kier alpha value is -1.81. The van der Waals surface area contributed by atoms with Crippen molar-refractivity contribution in [1.29, 1.82) is 0 Å². The summed E-state index contributed by atoms with van der Waals surface area (Å²) in [6, 6.07) is 3.71. The number of aryl methyl sites for hydroxylation is 2. The molecule has 0 saturated carbocycles. The van der Waals surface area contributed by atoms with Gasteiger partial charge >= 0.3 is 5.97 Å². The second kappa shape index (κ2) is 4.82. The van der Waals surface area contributed by atoms with E-state index in [0.29, 0.717) is 12.1 Å². The number of carbonyl (C=O) groups is 1. The van der Waals surface area contributed by atoms with Crippen LogP contribution >= 0.6 is 0 Å². The third-order valence-electron chi connectivity index (χ3n) is 3.29. The third-order valence-corrected chi connectivity index (χ3v) is 3.29. The molecule has 0 atom stereocenters. The van der Waals surface area contributed by atoms with E-state index in [0.717, 1.165) is 35.0 Å². The van der Waals surface area contributed by atoms with Gasteiger partial charge in [-0.05, 0) is 50.1 Å². The summed E-state index contributed by atoms with van der Waals surface area (Å²) >= 11 is 0. The first-order valence-corrected chi connectivity index (χ1v) is 6.14. The Balaban J connectivity index is 2.72. The Morgan fingerprint density at radius 2 is 2.17 bits per heavy atom. The molecule has 0 amide bonds. The predicted molar refractivity (Wildman–Crippen MR) is 72.1 cm³/mol. The van der Waals surface area contributed by atoms with Crippen LogP contribution in [0.2, 0.25) is 0 Å². The Morgan fingerprint density at radius 1 is 1.44 bits per heavy atom. The van der Waals surface area contributed by atoms with Crippen molar-refractivity contribution in [3.63, 3.8) is 0 Å². The Labute approximate surface area is 106 Å². The highest BCUT2D eigenvalue weighted by atomic mass is 16.4. The molecule has 4 heteroatoms. The van der Waals surface area contributed by atoms with Crippen LogP contribution in [0.5, 0.6) is 0 Å². The van der Waals surface area contributed by atoms with Crippen molar-refractivity contribution in [3.05, 3.63) is 35.0 Å². The van der Waals surface area contributed by atoms with Gasteiger partial charge in [0.05, 0.1) is 5.56 Å². The minimum Gasteiger partial charge on any atom is -0.478 e. The molecule has 3 N–H and O–H groups in total. The number of benzene rings is 1. The van der Waals surface area contributed by atoms with Gasteiger partial charge in [0.25, 0.3) is 0 Å². The van der Waals surface area contributed by atoms with Gasteiger partial charge in [-0.15, -0.1) is 0 Å². The average Bonchev–Trinajstić information content (AvgIpc) is 2.66. The molecule has 0 saturated heterocycles. The Bertz CT molecular complexity index is 599. The fraction of sp³-hybridized carbons (Fsp3) is 0.357. The standard InChI is InChI=1S/C14H18N2O2/c1-3-16-8-10(4-5-15)12-7-11(14(17)18)9(2)6-13(12)16/h6-8H,3-5,15H2,1-2H3,(H,17,18). The van der Waals surface area contributed by atoms with E-state index in [1.165, 1.54) is 0 Å². The summed E-state index contributed by atoms with van der Waals surface area (Å²) in [6.07, 6.45) is 2.84. The quantitative estimate of drug-likeness (QED) is 0.868. The van der Waals surface area contributed by atoms with Crippen LogP contribution in [0.4, 0.5) is 0 Å². The van der Waals surface area contributed by atoms with Crippen LogP contribution in [0, 0.1) is 6.92 Å². The highest BCUT2D eigenvalue weighted by Crippen LogP contribution is 2.25. The molecule has 4 nitrogen and oxygen atoms in total. The van der Waals surface area contributed by atoms with Crippen LogP contribution in [0.15, 0.2) is 18.3 Å². The summed E-state index contributed by atoms with van der Waals surface area (Å²) in [5.41, 5.74) is 8.98. The van der Waals surface area contributed by atoms with Gasteiger partial charge in [0.15, 0.2) is 0 Å². The second-order valence-electron chi connectivity index (χ2n) is 4.47. The van der Waals surface area contributed by atoms with Crippen LogP contribution in [0.25, 0.3) is 10.9 Å². The summed E-state index contributed by atoms with van der Waals surface area (Å²) in [5.74, 6) is -0.877. The molecule has 0 fully saturated rings. The zero-order chi connectivity index (χ0) is 13.3. The summed E-state index contributed by atoms with van der Waals surface area (Å²) < 4.78 is 2.14. The zero-order valence-corrected chi connectivity index (χ0v) is 10.7. The molecule has 0 radical (unpaired) electrons. The van der Waals surface area contributed by atoms with Crippen molar-refractivity contribution in [2.45, 2.75) is 26.8 Å². The van der Waals surface area contributed by atoms with Gasteiger partial charge in [-0.2, -0.15) is 0 Å². The van der Waals surface area contributed by atoms with Crippen LogP contribution < -0.4 is 5.73 Å². The fourth-order valence-corrected chi connectivity index (χ4v) is 2.36. The van der Waals surface area contributed by atoms with Gasteiger partial charge in [-0.3, -0.25) is 0 Å². The number of nitrogens with two attached hydrogens (primary N) is 1. The second-order valence-corrected chi connectivity index (χ2v) is 4.47. The Kier molecular flexibility index (Phi) is 3.39. The first-order valence-electron chi connectivity index (χ1n) is 6.14.